The minimum Gasteiger partial charge on any atom is -0.478 e. The molecular weight excluding hydrogens is 276 g/mol. The van der Waals surface area contributed by atoms with Gasteiger partial charge < -0.3 is 10.2 Å². The number of halogens is 1. The first-order valence-corrected chi connectivity index (χ1v) is 5.44. The first kappa shape index (κ1) is 12.7. The first-order valence-electron chi connectivity index (χ1n) is 4.64. The average Bonchev–Trinajstić information content (AvgIpc) is 2.16. The monoisotopic (exact) mass is 286 g/mol. The molecule has 0 saturated carbocycles. The summed E-state index contributed by atoms with van der Waals surface area (Å²) in [6.45, 7) is 3.75. The molecule has 0 unspecified atom stereocenters. The summed E-state index contributed by atoms with van der Waals surface area (Å²) in [7, 11) is 0. The van der Waals surface area contributed by atoms with Crippen LogP contribution < -0.4 is 0 Å². The molecule has 0 spiro atoms. The van der Waals surface area contributed by atoms with Gasteiger partial charge in [-0.05, 0) is 39.5 Å². The number of hydrogen-bond donors (Lipinski definition) is 2. The molecule has 5 heteroatoms. The van der Waals surface area contributed by atoms with E-state index < -0.39 is 11.9 Å². The van der Waals surface area contributed by atoms with Gasteiger partial charge in [-0.2, -0.15) is 0 Å². The molecule has 0 aliphatic carbocycles. The highest BCUT2D eigenvalue weighted by atomic mass is 79.9. The van der Waals surface area contributed by atoms with E-state index in [1.165, 1.54) is 12.1 Å². The van der Waals surface area contributed by atoms with Gasteiger partial charge in [0.15, 0.2) is 0 Å². The Morgan fingerprint density at radius 3 is 1.75 bits per heavy atom. The second-order valence-corrected chi connectivity index (χ2v) is 4.49. The summed E-state index contributed by atoms with van der Waals surface area (Å²) in [6.07, 6.45) is 0. The normalized spacial score (nSPS) is 10.5. The van der Waals surface area contributed by atoms with Crippen LogP contribution in [0.15, 0.2) is 16.6 Å². The van der Waals surface area contributed by atoms with Crippen LogP contribution in [0.4, 0.5) is 0 Å². The smallest absolute Gasteiger partial charge is 0.336 e. The molecule has 4 nitrogen and oxygen atoms in total. The van der Waals surface area contributed by atoms with Gasteiger partial charge in [0.2, 0.25) is 0 Å². The van der Waals surface area contributed by atoms with Crippen molar-refractivity contribution >= 4 is 27.9 Å². The number of carboxylic acids is 2. The van der Waals surface area contributed by atoms with Crippen LogP contribution in [0.5, 0.6) is 0 Å². The van der Waals surface area contributed by atoms with Crippen molar-refractivity contribution in [2.45, 2.75) is 19.8 Å². The maximum Gasteiger partial charge on any atom is 0.336 e. The number of hydrogen-bond acceptors (Lipinski definition) is 2. The summed E-state index contributed by atoms with van der Waals surface area (Å²) in [5, 5.41) is 17.9. The predicted octanol–water partition coefficient (Wildman–Crippen LogP) is 2.97. The van der Waals surface area contributed by atoms with Crippen LogP contribution in [0.1, 0.15) is 46.0 Å². The standard InChI is InChI=1S/C11H11BrO4/c1-5(2)6-3-7(10(13)14)9(12)8(4-6)11(15)16/h3-5H,1-2H3,(H,13,14)(H,15,16). The third-order valence-corrected chi connectivity index (χ3v) is 3.08. The van der Waals surface area contributed by atoms with Gasteiger partial charge in [0.05, 0.1) is 11.1 Å². The van der Waals surface area contributed by atoms with Crippen molar-refractivity contribution in [3.63, 3.8) is 0 Å². The van der Waals surface area contributed by atoms with Crippen molar-refractivity contribution in [2.75, 3.05) is 0 Å². The lowest BCUT2D eigenvalue weighted by atomic mass is 9.97. The third-order valence-electron chi connectivity index (χ3n) is 2.22. The average molecular weight is 287 g/mol. The van der Waals surface area contributed by atoms with E-state index in [-0.39, 0.29) is 21.5 Å². The minimum atomic E-state index is -1.14. The number of carbonyl (C=O) groups is 2. The van der Waals surface area contributed by atoms with Crippen LogP contribution in [-0.2, 0) is 0 Å². The van der Waals surface area contributed by atoms with Crippen LogP contribution in [0.25, 0.3) is 0 Å². The minimum absolute atomic E-state index is 0.0244. The van der Waals surface area contributed by atoms with Gasteiger partial charge in [-0.1, -0.05) is 13.8 Å². The van der Waals surface area contributed by atoms with Gasteiger partial charge in [0.1, 0.15) is 0 Å². The van der Waals surface area contributed by atoms with E-state index in [1.807, 2.05) is 13.8 Å². The molecular formula is C11H11BrO4. The molecule has 1 aromatic rings. The van der Waals surface area contributed by atoms with Crippen LogP contribution in [0, 0.1) is 0 Å². The molecule has 0 radical (unpaired) electrons. The summed E-state index contributed by atoms with van der Waals surface area (Å²) in [5.74, 6) is -2.21. The second kappa shape index (κ2) is 4.65. The molecule has 1 rings (SSSR count). The Labute approximate surface area is 101 Å². The van der Waals surface area contributed by atoms with Crippen molar-refractivity contribution in [1.29, 1.82) is 0 Å². The zero-order valence-corrected chi connectivity index (χ0v) is 10.4. The maximum atomic E-state index is 10.9. The first-order chi connectivity index (χ1) is 7.34. The number of aromatic carboxylic acids is 2. The number of carboxylic acid groups (broad SMARTS) is 2. The van der Waals surface area contributed by atoms with Crippen molar-refractivity contribution in [3.05, 3.63) is 33.3 Å². The molecule has 0 atom stereocenters. The molecule has 1 aromatic carbocycles. The fourth-order valence-corrected chi connectivity index (χ4v) is 1.86. The zero-order chi connectivity index (χ0) is 12.5. The van der Waals surface area contributed by atoms with Gasteiger partial charge in [0, 0.05) is 4.47 Å². The summed E-state index contributed by atoms with van der Waals surface area (Å²) >= 11 is 3.00. The Morgan fingerprint density at radius 2 is 1.50 bits per heavy atom. The molecule has 0 fully saturated rings. The molecule has 2 N–H and O–H groups in total. The van der Waals surface area contributed by atoms with Gasteiger partial charge >= 0.3 is 11.9 Å². The maximum absolute atomic E-state index is 10.9. The molecule has 0 saturated heterocycles. The van der Waals surface area contributed by atoms with E-state index in [2.05, 4.69) is 15.9 Å². The van der Waals surface area contributed by atoms with E-state index >= 15 is 0 Å². The Bertz CT molecular complexity index is 416. The highest BCUT2D eigenvalue weighted by Gasteiger charge is 2.19. The molecule has 0 heterocycles. The molecule has 16 heavy (non-hydrogen) atoms. The fraction of sp³-hybridized carbons (Fsp3) is 0.273. The van der Waals surface area contributed by atoms with Crippen LogP contribution in [0.2, 0.25) is 0 Å². The van der Waals surface area contributed by atoms with E-state index in [1.54, 1.807) is 0 Å². The molecule has 0 aliphatic heterocycles. The van der Waals surface area contributed by atoms with Crippen molar-refractivity contribution in [3.8, 4) is 0 Å². The summed E-state index contributed by atoms with van der Waals surface area (Å²) in [5.41, 5.74) is 0.644. The SMILES string of the molecule is CC(C)c1cc(C(=O)O)c(Br)c(C(=O)O)c1. The quantitative estimate of drug-likeness (QED) is 0.896. The summed E-state index contributed by atoms with van der Waals surface area (Å²) in [6, 6.07) is 2.98. The van der Waals surface area contributed by atoms with E-state index in [9.17, 15) is 9.59 Å². The highest BCUT2D eigenvalue weighted by molar-refractivity contribution is 9.10. The van der Waals surface area contributed by atoms with Crippen LogP contribution >= 0.6 is 15.9 Å². The molecule has 0 amide bonds. The fourth-order valence-electron chi connectivity index (χ4n) is 1.29. The lowest BCUT2D eigenvalue weighted by Gasteiger charge is -2.10. The third kappa shape index (κ3) is 2.41. The predicted molar refractivity (Wildman–Crippen MR) is 62.1 cm³/mol. The van der Waals surface area contributed by atoms with Crippen molar-refractivity contribution in [1.82, 2.24) is 0 Å². The topological polar surface area (TPSA) is 74.6 Å². The van der Waals surface area contributed by atoms with Crippen molar-refractivity contribution in [2.24, 2.45) is 0 Å². The zero-order valence-electron chi connectivity index (χ0n) is 8.82. The van der Waals surface area contributed by atoms with E-state index in [0.717, 1.165) is 0 Å². The Balaban J connectivity index is 3.51. The summed E-state index contributed by atoms with van der Waals surface area (Å²) < 4.78 is 0.108. The second-order valence-electron chi connectivity index (χ2n) is 3.70. The van der Waals surface area contributed by atoms with Gasteiger partial charge in [-0.25, -0.2) is 9.59 Å². The van der Waals surface area contributed by atoms with Gasteiger partial charge in [0.25, 0.3) is 0 Å². The van der Waals surface area contributed by atoms with Crippen molar-refractivity contribution < 1.29 is 19.8 Å². The van der Waals surface area contributed by atoms with Gasteiger partial charge in [-0.3, -0.25) is 0 Å². The van der Waals surface area contributed by atoms with E-state index in [0.29, 0.717) is 5.56 Å². The molecule has 0 aliphatic rings. The van der Waals surface area contributed by atoms with Crippen LogP contribution in [0.3, 0.4) is 0 Å². The largest absolute Gasteiger partial charge is 0.478 e. The Hall–Kier alpha value is -1.36. The Kier molecular flexibility index (Phi) is 3.70. The molecule has 0 bridgehead atoms. The lowest BCUT2D eigenvalue weighted by molar-refractivity contribution is 0.0695. The van der Waals surface area contributed by atoms with Gasteiger partial charge in [-0.15, -0.1) is 0 Å². The highest BCUT2D eigenvalue weighted by Crippen LogP contribution is 2.27. The van der Waals surface area contributed by atoms with E-state index in [4.69, 9.17) is 10.2 Å². The molecule has 0 aromatic heterocycles. The molecule has 86 valence electrons. The Morgan fingerprint density at radius 1 is 1.12 bits per heavy atom. The summed E-state index contributed by atoms with van der Waals surface area (Å²) in [4.78, 5) is 21.9. The van der Waals surface area contributed by atoms with Crippen LogP contribution in [-0.4, -0.2) is 22.2 Å². The lowest BCUT2D eigenvalue weighted by Crippen LogP contribution is -2.07. The number of benzene rings is 1. The number of rotatable bonds is 3.